The summed E-state index contributed by atoms with van der Waals surface area (Å²) in [4.78, 5) is 33.1. The van der Waals surface area contributed by atoms with Crippen molar-refractivity contribution in [1.29, 1.82) is 0 Å². The van der Waals surface area contributed by atoms with Crippen molar-refractivity contribution in [2.24, 2.45) is 11.8 Å². The van der Waals surface area contributed by atoms with Crippen LogP contribution in [0, 0.1) is 11.8 Å². The standard InChI is InChI=1S/C17H19N5O2/c1-21-7-6-11-8-22(9-14(11)16(21)23)17(24)13-5-3-2-4-12(13)15-18-10-19-20-15/h2-5,10-11,14H,6-9H2,1H3,(H,18,19,20)/t11-,14+/m1/s1. The van der Waals surface area contributed by atoms with Crippen LogP contribution in [-0.2, 0) is 4.79 Å². The Kier molecular flexibility index (Phi) is 3.55. The molecule has 1 aromatic carbocycles. The first kappa shape index (κ1) is 14.9. The predicted molar refractivity (Wildman–Crippen MR) is 87.0 cm³/mol. The smallest absolute Gasteiger partial charge is 0.254 e. The molecule has 2 aliphatic rings. The first-order valence-electron chi connectivity index (χ1n) is 8.14. The minimum Gasteiger partial charge on any atom is -0.345 e. The van der Waals surface area contributed by atoms with Gasteiger partial charge in [0.1, 0.15) is 6.33 Å². The highest BCUT2D eigenvalue weighted by Crippen LogP contribution is 2.33. The second-order valence-electron chi connectivity index (χ2n) is 6.50. The largest absolute Gasteiger partial charge is 0.345 e. The minimum absolute atomic E-state index is 0.0492. The van der Waals surface area contributed by atoms with Gasteiger partial charge in [-0.3, -0.25) is 14.7 Å². The Morgan fingerprint density at radius 3 is 2.92 bits per heavy atom. The fourth-order valence-electron chi connectivity index (χ4n) is 3.74. The Hall–Kier alpha value is -2.70. The highest BCUT2D eigenvalue weighted by molar-refractivity contribution is 6.00. The molecule has 2 aliphatic heterocycles. The van der Waals surface area contributed by atoms with E-state index in [1.165, 1.54) is 6.33 Å². The van der Waals surface area contributed by atoms with E-state index in [0.29, 0.717) is 24.5 Å². The molecule has 2 amide bonds. The van der Waals surface area contributed by atoms with Crippen LogP contribution in [0.5, 0.6) is 0 Å². The highest BCUT2D eigenvalue weighted by atomic mass is 16.2. The number of benzene rings is 1. The van der Waals surface area contributed by atoms with Crippen LogP contribution in [0.25, 0.3) is 11.4 Å². The summed E-state index contributed by atoms with van der Waals surface area (Å²) >= 11 is 0. The van der Waals surface area contributed by atoms with Crippen LogP contribution in [0.4, 0.5) is 0 Å². The number of nitrogens with one attached hydrogen (secondary N) is 1. The minimum atomic E-state index is -0.0647. The molecular weight excluding hydrogens is 306 g/mol. The second-order valence-corrected chi connectivity index (χ2v) is 6.50. The summed E-state index contributed by atoms with van der Waals surface area (Å²) in [6.45, 7) is 1.92. The Bertz CT molecular complexity index is 773. The van der Waals surface area contributed by atoms with E-state index >= 15 is 0 Å². The van der Waals surface area contributed by atoms with Crippen LogP contribution in [0.15, 0.2) is 30.6 Å². The summed E-state index contributed by atoms with van der Waals surface area (Å²) in [6, 6.07) is 7.37. The van der Waals surface area contributed by atoms with Crippen molar-refractivity contribution in [1.82, 2.24) is 25.0 Å². The van der Waals surface area contributed by atoms with Crippen LogP contribution >= 0.6 is 0 Å². The highest BCUT2D eigenvalue weighted by Gasteiger charge is 2.43. The van der Waals surface area contributed by atoms with E-state index < -0.39 is 0 Å². The van der Waals surface area contributed by atoms with E-state index in [-0.39, 0.29) is 23.7 Å². The van der Waals surface area contributed by atoms with Gasteiger partial charge < -0.3 is 9.80 Å². The van der Waals surface area contributed by atoms with Gasteiger partial charge in [0.15, 0.2) is 5.82 Å². The van der Waals surface area contributed by atoms with Crippen LogP contribution in [0.1, 0.15) is 16.8 Å². The molecule has 1 N–H and O–H groups in total. The molecule has 4 rings (SSSR count). The molecule has 1 aromatic heterocycles. The number of aromatic amines is 1. The molecule has 0 unspecified atom stereocenters. The van der Waals surface area contributed by atoms with Crippen LogP contribution < -0.4 is 0 Å². The Labute approximate surface area is 139 Å². The van der Waals surface area contributed by atoms with Gasteiger partial charge in [0.05, 0.1) is 11.5 Å². The number of carbonyl (C=O) groups is 2. The first-order valence-corrected chi connectivity index (χ1v) is 8.14. The molecule has 24 heavy (non-hydrogen) atoms. The lowest BCUT2D eigenvalue weighted by molar-refractivity contribution is -0.137. The van der Waals surface area contributed by atoms with E-state index in [4.69, 9.17) is 0 Å². The van der Waals surface area contributed by atoms with Crippen LogP contribution in [0.2, 0.25) is 0 Å². The van der Waals surface area contributed by atoms with Gasteiger partial charge in [-0.1, -0.05) is 18.2 Å². The van der Waals surface area contributed by atoms with Gasteiger partial charge in [0, 0.05) is 32.2 Å². The number of piperidine rings is 1. The number of nitrogens with zero attached hydrogens (tertiary/aromatic N) is 4. The predicted octanol–water partition coefficient (Wildman–Crippen LogP) is 1.02. The average Bonchev–Trinajstić information content (AvgIpc) is 3.27. The van der Waals surface area contributed by atoms with E-state index in [2.05, 4.69) is 15.2 Å². The molecule has 0 radical (unpaired) electrons. The maximum absolute atomic E-state index is 13.0. The zero-order chi connectivity index (χ0) is 16.7. The summed E-state index contributed by atoms with van der Waals surface area (Å²) in [5.74, 6) is 0.892. The molecular formula is C17H19N5O2. The maximum atomic E-state index is 13.0. The number of aromatic nitrogens is 3. The molecule has 3 heterocycles. The second kappa shape index (κ2) is 5.74. The number of rotatable bonds is 2. The van der Waals surface area contributed by atoms with E-state index in [1.807, 2.05) is 30.1 Å². The lowest BCUT2D eigenvalue weighted by atomic mass is 9.88. The molecule has 0 saturated carbocycles. The van der Waals surface area contributed by atoms with E-state index in [9.17, 15) is 9.59 Å². The average molecular weight is 325 g/mol. The molecule has 0 aliphatic carbocycles. The number of hydrogen-bond acceptors (Lipinski definition) is 4. The van der Waals surface area contributed by atoms with Gasteiger partial charge in [-0.05, 0) is 18.4 Å². The van der Waals surface area contributed by atoms with E-state index in [1.54, 1.807) is 11.0 Å². The van der Waals surface area contributed by atoms with Crippen molar-refractivity contribution in [3.63, 3.8) is 0 Å². The summed E-state index contributed by atoms with van der Waals surface area (Å²) in [5.41, 5.74) is 1.33. The molecule has 124 valence electrons. The Balaban J connectivity index is 1.61. The number of hydrogen-bond donors (Lipinski definition) is 1. The van der Waals surface area contributed by atoms with Crippen molar-refractivity contribution >= 4 is 11.8 Å². The normalized spacial score (nSPS) is 23.5. The number of amides is 2. The third kappa shape index (κ3) is 2.36. The summed E-state index contributed by atoms with van der Waals surface area (Å²) in [6.07, 6.45) is 2.38. The quantitative estimate of drug-likeness (QED) is 0.894. The number of carbonyl (C=O) groups excluding carboxylic acids is 2. The third-order valence-electron chi connectivity index (χ3n) is 5.08. The van der Waals surface area contributed by atoms with Crippen molar-refractivity contribution < 1.29 is 9.59 Å². The monoisotopic (exact) mass is 325 g/mol. The summed E-state index contributed by atoms with van der Waals surface area (Å²) < 4.78 is 0. The zero-order valence-corrected chi connectivity index (χ0v) is 13.5. The lowest BCUT2D eigenvalue weighted by Gasteiger charge is -2.30. The summed E-state index contributed by atoms with van der Waals surface area (Å²) in [5, 5.41) is 6.67. The van der Waals surface area contributed by atoms with Gasteiger partial charge in [0.2, 0.25) is 5.91 Å². The molecule has 2 fully saturated rings. The number of likely N-dealkylation sites (tertiary alicyclic amines) is 2. The molecule has 7 heteroatoms. The van der Waals surface area contributed by atoms with Crippen molar-refractivity contribution in [3.05, 3.63) is 36.2 Å². The van der Waals surface area contributed by atoms with Gasteiger partial charge in [-0.2, -0.15) is 5.10 Å². The van der Waals surface area contributed by atoms with Crippen molar-refractivity contribution in [3.8, 4) is 11.4 Å². The van der Waals surface area contributed by atoms with Crippen LogP contribution in [-0.4, -0.2) is 63.5 Å². The Morgan fingerprint density at radius 1 is 1.29 bits per heavy atom. The van der Waals surface area contributed by atoms with Gasteiger partial charge in [-0.25, -0.2) is 4.98 Å². The summed E-state index contributed by atoms with van der Waals surface area (Å²) in [7, 11) is 1.84. The molecule has 7 nitrogen and oxygen atoms in total. The Morgan fingerprint density at radius 2 is 2.12 bits per heavy atom. The molecule has 0 spiro atoms. The number of fused-ring (bicyclic) bond motifs is 1. The molecule has 2 aromatic rings. The van der Waals surface area contributed by atoms with Crippen molar-refractivity contribution in [2.75, 3.05) is 26.7 Å². The topological polar surface area (TPSA) is 82.2 Å². The lowest BCUT2D eigenvalue weighted by Crippen LogP contribution is -2.42. The van der Waals surface area contributed by atoms with Crippen molar-refractivity contribution in [2.45, 2.75) is 6.42 Å². The first-order chi connectivity index (χ1) is 11.6. The van der Waals surface area contributed by atoms with Gasteiger partial charge in [-0.15, -0.1) is 0 Å². The third-order valence-corrected chi connectivity index (χ3v) is 5.08. The molecule has 2 atom stereocenters. The van der Waals surface area contributed by atoms with Crippen LogP contribution in [0.3, 0.4) is 0 Å². The fourth-order valence-corrected chi connectivity index (χ4v) is 3.74. The molecule has 2 saturated heterocycles. The number of H-pyrrole nitrogens is 1. The zero-order valence-electron chi connectivity index (χ0n) is 13.5. The van der Waals surface area contributed by atoms with Gasteiger partial charge >= 0.3 is 0 Å². The maximum Gasteiger partial charge on any atom is 0.254 e. The molecule has 0 bridgehead atoms. The fraction of sp³-hybridized carbons (Fsp3) is 0.412. The SMILES string of the molecule is CN1CC[C@@H]2CN(C(=O)c3ccccc3-c3ncn[nH]3)C[C@@H]2C1=O. The van der Waals surface area contributed by atoms with E-state index in [0.717, 1.165) is 18.5 Å². The van der Waals surface area contributed by atoms with Gasteiger partial charge in [0.25, 0.3) is 5.91 Å².